The van der Waals surface area contributed by atoms with Gasteiger partial charge in [0.1, 0.15) is 5.69 Å². The summed E-state index contributed by atoms with van der Waals surface area (Å²) in [6.07, 6.45) is 0.631. The first-order valence-electron chi connectivity index (χ1n) is 5.52. The molecule has 4 N–H and O–H groups in total. The van der Waals surface area contributed by atoms with Crippen LogP contribution in [-0.4, -0.2) is 28.1 Å². The standard InChI is InChI=1S/C11H19N3O2S/c1-7(2)4-11(3,16)6-13-9(15)8-5-17-10(12)14-8/h5,7,16H,4,6H2,1-3H3,(H2,12,14)(H,13,15). The van der Waals surface area contributed by atoms with E-state index >= 15 is 0 Å². The highest BCUT2D eigenvalue weighted by atomic mass is 32.1. The Morgan fingerprint density at radius 3 is 2.82 bits per heavy atom. The van der Waals surface area contributed by atoms with Gasteiger partial charge in [0.25, 0.3) is 5.91 Å². The second-order valence-corrected chi connectivity index (χ2v) is 5.74. The molecule has 0 aliphatic carbocycles. The van der Waals surface area contributed by atoms with Crippen LogP contribution in [0.5, 0.6) is 0 Å². The van der Waals surface area contributed by atoms with E-state index in [0.29, 0.717) is 23.2 Å². The largest absolute Gasteiger partial charge is 0.388 e. The monoisotopic (exact) mass is 257 g/mol. The molecule has 0 fully saturated rings. The van der Waals surface area contributed by atoms with E-state index in [4.69, 9.17) is 5.73 Å². The molecule has 1 amide bonds. The van der Waals surface area contributed by atoms with Crippen molar-refractivity contribution in [2.45, 2.75) is 32.8 Å². The fraction of sp³-hybridized carbons (Fsp3) is 0.636. The summed E-state index contributed by atoms with van der Waals surface area (Å²) >= 11 is 1.22. The maximum atomic E-state index is 11.7. The summed E-state index contributed by atoms with van der Waals surface area (Å²) in [6, 6.07) is 0. The Kier molecular flexibility index (Phi) is 4.47. The first-order chi connectivity index (χ1) is 7.80. The van der Waals surface area contributed by atoms with Crippen molar-refractivity contribution in [3.63, 3.8) is 0 Å². The number of carbonyl (C=O) groups excluding carboxylic acids is 1. The number of hydrogen-bond donors (Lipinski definition) is 3. The lowest BCUT2D eigenvalue weighted by Gasteiger charge is -2.25. The minimum atomic E-state index is -0.897. The van der Waals surface area contributed by atoms with E-state index in [1.807, 2.05) is 13.8 Å². The molecule has 1 aromatic rings. The topological polar surface area (TPSA) is 88.2 Å². The number of nitrogen functional groups attached to an aromatic ring is 1. The van der Waals surface area contributed by atoms with Crippen LogP contribution in [0.15, 0.2) is 5.38 Å². The van der Waals surface area contributed by atoms with Crippen LogP contribution < -0.4 is 11.1 Å². The lowest BCUT2D eigenvalue weighted by Crippen LogP contribution is -2.41. The predicted molar refractivity (Wildman–Crippen MR) is 68.9 cm³/mol. The van der Waals surface area contributed by atoms with Gasteiger partial charge in [-0.1, -0.05) is 13.8 Å². The first-order valence-corrected chi connectivity index (χ1v) is 6.40. The Balaban J connectivity index is 2.48. The quantitative estimate of drug-likeness (QED) is 0.740. The molecule has 1 atom stereocenters. The van der Waals surface area contributed by atoms with E-state index < -0.39 is 5.60 Å². The number of nitrogens with one attached hydrogen (secondary N) is 1. The molecule has 1 aromatic heterocycles. The highest BCUT2D eigenvalue weighted by molar-refractivity contribution is 7.13. The van der Waals surface area contributed by atoms with E-state index in [1.54, 1.807) is 12.3 Å². The van der Waals surface area contributed by atoms with Crippen molar-refractivity contribution in [2.24, 2.45) is 5.92 Å². The van der Waals surface area contributed by atoms with Crippen LogP contribution in [0.2, 0.25) is 0 Å². The molecule has 1 heterocycles. The highest BCUT2D eigenvalue weighted by Gasteiger charge is 2.23. The van der Waals surface area contributed by atoms with Gasteiger partial charge >= 0.3 is 0 Å². The zero-order valence-corrected chi connectivity index (χ0v) is 11.2. The number of anilines is 1. The molecule has 0 spiro atoms. The number of rotatable bonds is 5. The summed E-state index contributed by atoms with van der Waals surface area (Å²) in [6.45, 7) is 5.97. The van der Waals surface area contributed by atoms with Gasteiger partial charge in [-0.3, -0.25) is 4.79 Å². The van der Waals surface area contributed by atoms with Crippen molar-refractivity contribution in [1.82, 2.24) is 10.3 Å². The smallest absolute Gasteiger partial charge is 0.270 e. The third-order valence-corrected chi connectivity index (χ3v) is 2.91. The van der Waals surface area contributed by atoms with E-state index in [0.717, 1.165) is 0 Å². The van der Waals surface area contributed by atoms with Gasteiger partial charge in [0.15, 0.2) is 5.13 Å². The Morgan fingerprint density at radius 1 is 1.71 bits per heavy atom. The molecule has 96 valence electrons. The summed E-state index contributed by atoms with van der Waals surface area (Å²) in [4.78, 5) is 15.5. The van der Waals surface area contributed by atoms with Gasteiger partial charge < -0.3 is 16.2 Å². The first kappa shape index (κ1) is 13.9. The van der Waals surface area contributed by atoms with Crippen LogP contribution in [0.25, 0.3) is 0 Å². The summed E-state index contributed by atoms with van der Waals surface area (Å²) < 4.78 is 0. The number of aliphatic hydroxyl groups is 1. The van der Waals surface area contributed by atoms with Crippen molar-refractivity contribution < 1.29 is 9.90 Å². The van der Waals surface area contributed by atoms with E-state index in [2.05, 4.69) is 10.3 Å². The van der Waals surface area contributed by atoms with E-state index in [-0.39, 0.29) is 12.5 Å². The van der Waals surface area contributed by atoms with E-state index in [1.165, 1.54) is 11.3 Å². The second kappa shape index (κ2) is 5.46. The van der Waals surface area contributed by atoms with Crippen LogP contribution in [0.3, 0.4) is 0 Å². The highest BCUT2D eigenvalue weighted by Crippen LogP contribution is 2.16. The molecule has 0 aromatic carbocycles. The summed E-state index contributed by atoms with van der Waals surface area (Å²) in [5.74, 6) is 0.0683. The third kappa shape index (κ3) is 4.70. The molecule has 0 aliphatic rings. The molecule has 17 heavy (non-hydrogen) atoms. The summed E-state index contributed by atoms with van der Waals surface area (Å²) in [5, 5.41) is 14.7. The number of nitrogens with zero attached hydrogens (tertiary/aromatic N) is 1. The number of thiazole rings is 1. The van der Waals surface area contributed by atoms with Gasteiger partial charge in [0.2, 0.25) is 0 Å². The van der Waals surface area contributed by atoms with Gasteiger partial charge in [-0.25, -0.2) is 4.98 Å². The molecule has 0 saturated carbocycles. The second-order valence-electron chi connectivity index (χ2n) is 4.85. The van der Waals surface area contributed by atoms with Gasteiger partial charge in [-0.05, 0) is 19.3 Å². The Bertz CT molecular complexity index is 388. The van der Waals surface area contributed by atoms with Gasteiger partial charge in [0, 0.05) is 11.9 Å². The van der Waals surface area contributed by atoms with Crippen LogP contribution in [-0.2, 0) is 0 Å². The molecular weight excluding hydrogens is 238 g/mol. The Hall–Kier alpha value is -1.14. The molecular formula is C11H19N3O2S. The van der Waals surface area contributed by atoms with Gasteiger partial charge in [0.05, 0.1) is 5.60 Å². The molecule has 0 aliphatic heterocycles. The number of hydrogen-bond acceptors (Lipinski definition) is 5. The van der Waals surface area contributed by atoms with Crippen molar-refractivity contribution >= 4 is 22.4 Å². The SMILES string of the molecule is CC(C)CC(C)(O)CNC(=O)c1csc(N)n1. The van der Waals surface area contributed by atoms with Gasteiger partial charge in [-0.2, -0.15) is 0 Å². The minimum Gasteiger partial charge on any atom is -0.388 e. The zero-order valence-electron chi connectivity index (χ0n) is 10.4. The molecule has 1 rings (SSSR count). The van der Waals surface area contributed by atoms with E-state index in [9.17, 15) is 9.90 Å². The van der Waals surface area contributed by atoms with Crippen molar-refractivity contribution in [3.05, 3.63) is 11.1 Å². The third-order valence-electron chi connectivity index (χ3n) is 2.23. The maximum Gasteiger partial charge on any atom is 0.270 e. The molecule has 1 unspecified atom stereocenters. The Morgan fingerprint density at radius 2 is 2.35 bits per heavy atom. The fourth-order valence-electron chi connectivity index (χ4n) is 1.70. The lowest BCUT2D eigenvalue weighted by atomic mass is 9.94. The molecule has 0 saturated heterocycles. The van der Waals surface area contributed by atoms with Crippen molar-refractivity contribution in [1.29, 1.82) is 0 Å². The molecule has 0 bridgehead atoms. The zero-order chi connectivity index (χ0) is 13.1. The van der Waals surface area contributed by atoms with Crippen LogP contribution in [0.4, 0.5) is 5.13 Å². The van der Waals surface area contributed by atoms with Crippen LogP contribution >= 0.6 is 11.3 Å². The normalized spacial score (nSPS) is 14.6. The van der Waals surface area contributed by atoms with Crippen molar-refractivity contribution in [2.75, 3.05) is 12.3 Å². The lowest BCUT2D eigenvalue weighted by molar-refractivity contribution is 0.0367. The van der Waals surface area contributed by atoms with Crippen LogP contribution in [0, 0.1) is 5.92 Å². The predicted octanol–water partition coefficient (Wildman–Crippen LogP) is 1.25. The van der Waals surface area contributed by atoms with Crippen molar-refractivity contribution in [3.8, 4) is 0 Å². The average molecular weight is 257 g/mol. The number of amides is 1. The number of carbonyl (C=O) groups is 1. The summed E-state index contributed by atoms with van der Waals surface area (Å²) in [5.41, 5.74) is 4.84. The maximum absolute atomic E-state index is 11.7. The molecule has 6 heteroatoms. The molecule has 5 nitrogen and oxygen atoms in total. The minimum absolute atomic E-state index is 0.210. The molecule has 0 radical (unpaired) electrons. The number of aromatic nitrogens is 1. The summed E-state index contributed by atoms with van der Waals surface area (Å²) in [7, 11) is 0. The van der Waals surface area contributed by atoms with Crippen LogP contribution in [0.1, 0.15) is 37.7 Å². The number of nitrogens with two attached hydrogens (primary N) is 1. The average Bonchev–Trinajstić information content (AvgIpc) is 2.59. The van der Waals surface area contributed by atoms with Gasteiger partial charge in [-0.15, -0.1) is 11.3 Å². The Labute approximate surface area is 105 Å². The fourth-order valence-corrected chi connectivity index (χ4v) is 2.25.